The van der Waals surface area contributed by atoms with Crippen LogP contribution >= 0.6 is 0 Å². The van der Waals surface area contributed by atoms with Crippen LogP contribution in [0.25, 0.3) is 6.08 Å². The van der Waals surface area contributed by atoms with E-state index in [0.717, 1.165) is 22.9 Å². The van der Waals surface area contributed by atoms with Gasteiger partial charge < -0.3 is 10.1 Å². The van der Waals surface area contributed by atoms with Crippen LogP contribution in [0.3, 0.4) is 0 Å². The summed E-state index contributed by atoms with van der Waals surface area (Å²) in [7, 11) is -1.66. The molecule has 1 amide bonds. The Morgan fingerprint density at radius 1 is 1.08 bits per heavy atom. The number of ether oxygens (including phenoxy) is 1. The topological polar surface area (TPSA) is 84.5 Å². The number of anilines is 1. The predicted molar refractivity (Wildman–Crippen MR) is 103 cm³/mol. The first-order chi connectivity index (χ1) is 12.4. The van der Waals surface area contributed by atoms with E-state index in [9.17, 15) is 13.2 Å². The molecule has 0 aliphatic rings. The molecule has 0 bridgehead atoms. The first kappa shape index (κ1) is 19.7. The second-order valence-corrected chi connectivity index (χ2v) is 7.50. The lowest BCUT2D eigenvalue weighted by molar-refractivity contribution is -0.116. The van der Waals surface area contributed by atoms with Gasteiger partial charge in [-0.25, -0.2) is 8.42 Å². The van der Waals surface area contributed by atoms with Crippen molar-refractivity contribution < 1.29 is 17.9 Å². The van der Waals surface area contributed by atoms with Crippen molar-refractivity contribution in [3.8, 4) is 0 Å². The molecular weight excluding hydrogens is 352 g/mol. The highest BCUT2D eigenvalue weighted by molar-refractivity contribution is 7.92. The van der Waals surface area contributed by atoms with Gasteiger partial charge >= 0.3 is 0 Å². The van der Waals surface area contributed by atoms with E-state index in [0.29, 0.717) is 18.8 Å². The Morgan fingerprint density at radius 3 is 2.35 bits per heavy atom. The number of carbonyl (C=O) groups excluding carboxylic acids is 1. The van der Waals surface area contributed by atoms with Crippen molar-refractivity contribution in [3.05, 3.63) is 71.3 Å². The summed E-state index contributed by atoms with van der Waals surface area (Å²) in [6, 6.07) is 14.5. The summed E-state index contributed by atoms with van der Waals surface area (Å²) < 4.78 is 29.9. The van der Waals surface area contributed by atoms with Crippen LogP contribution in [-0.2, 0) is 32.7 Å². The maximum Gasteiger partial charge on any atom is 0.244 e. The van der Waals surface area contributed by atoms with E-state index in [2.05, 4.69) is 10.0 Å². The molecule has 0 radical (unpaired) electrons. The number of hydrogen-bond donors (Lipinski definition) is 2. The molecule has 0 spiro atoms. The first-order valence-corrected chi connectivity index (χ1v) is 9.86. The van der Waals surface area contributed by atoms with Crippen molar-refractivity contribution in [2.24, 2.45) is 0 Å². The van der Waals surface area contributed by atoms with Crippen LogP contribution in [0.1, 0.15) is 16.7 Å². The number of sulfonamides is 1. The molecule has 2 aromatic rings. The zero-order valence-electron chi connectivity index (χ0n) is 14.7. The van der Waals surface area contributed by atoms with Crippen molar-refractivity contribution >= 4 is 27.7 Å². The molecule has 0 aromatic heterocycles. The molecule has 2 N–H and O–H groups in total. The van der Waals surface area contributed by atoms with Gasteiger partial charge in [-0.1, -0.05) is 36.4 Å². The number of rotatable bonds is 8. The smallest absolute Gasteiger partial charge is 0.244 e. The number of methoxy groups -OCH3 is 1. The molecule has 2 rings (SSSR count). The summed E-state index contributed by atoms with van der Waals surface area (Å²) in [6.45, 7) is 0.912. The number of amides is 1. The van der Waals surface area contributed by atoms with Gasteiger partial charge in [0.2, 0.25) is 15.9 Å². The Labute approximate surface area is 153 Å². The highest BCUT2D eigenvalue weighted by atomic mass is 32.2. The third-order valence-electron chi connectivity index (χ3n) is 3.51. The second kappa shape index (κ2) is 9.17. The van der Waals surface area contributed by atoms with E-state index >= 15 is 0 Å². The summed E-state index contributed by atoms with van der Waals surface area (Å²) in [4.78, 5) is 12.0. The van der Waals surface area contributed by atoms with Crippen molar-refractivity contribution in [3.63, 3.8) is 0 Å². The fourth-order valence-corrected chi connectivity index (χ4v) is 2.88. The normalized spacial score (nSPS) is 11.5. The van der Waals surface area contributed by atoms with Gasteiger partial charge in [-0.3, -0.25) is 9.52 Å². The van der Waals surface area contributed by atoms with E-state index in [1.165, 1.54) is 6.08 Å². The molecule has 6 nitrogen and oxygen atoms in total. The SMILES string of the molecule is COCc1ccccc1CNC(=O)/C=C/c1ccc(NS(C)(=O)=O)cc1. The average molecular weight is 374 g/mol. The lowest BCUT2D eigenvalue weighted by Gasteiger charge is -2.09. The minimum absolute atomic E-state index is 0.212. The summed E-state index contributed by atoms with van der Waals surface area (Å²) in [5, 5.41) is 2.84. The van der Waals surface area contributed by atoms with Crippen LogP contribution in [-0.4, -0.2) is 27.7 Å². The van der Waals surface area contributed by atoms with Gasteiger partial charge in [0.15, 0.2) is 0 Å². The molecule has 0 saturated carbocycles. The number of carbonyl (C=O) groups is 1. The summed E-state index contributed by atoms with van der Waals surface area (Å²) >= 11 is 0. The third kappa shape index (κ3) is 6.70. The first-order valence-electron chi connectivity index (χ1n) is 7.97. The average Bonchev–Trinajstić information content (AvgIpc) is 2.59. The summed E-state index contributed by atoms with van der Waals surface area (Å²) in [5.74, 6) is -0.212. The molecule has 26 heavy (non-hydrogen) atoms. The van der Waals surface area contributed by atoms with Gasteiger partial charge in [0, 0.05) is 25.4 Å². The largest absolute Gasteiger partial charge is 0.380 e. The van der Waals surface area contributed by atoms with Crippen molar-refractivity contribution in [2.45, 2.75) is 13.2 Å². The zero-order chi connectivity index (χ0) is 19.0. The van der Waals surface area contributed by atoms with Gasteiger partial charge in [-0.15, -0.1) is 0 Å². The molecule has 138 valence electrons. The second-order valence-electron chi connectivity index (χ2n) is 5.75. The van der Waals surface area contributed by atoms with Gasteiger partial charge in [-0.2, -0.15) is 0 Å². The monoisotopic (exact) mass is 374 g/mol. The van der Waals surface area contributed by atoms with E-state index in [-0.39, 0.29) is 5.91 Å². The predicted octanol–water partition coefficient (Wildman–Crippen LogP) is 2.53. The highest BCUT2D eigenvalue weighted by Gasteiger charge is 2.03. The molecule has 2 aromatic carbocycles. The Kier molecular flexibility index (Phi) is 6.94. The number of benzene rings is 2. The Hall–Kier alpha value is -2.64. The molecular formula is C19H22N2O4S. The maximum atomic E-state index is 12.0. The minimum Gasteiger partial charge on any atom is -0.380 e. The molecule has 0 heterocycles. The van der Waals surface area contributed by atoms with Crippen LogP contribution < -0.4 is 10.0 Å². The van der Waals surface area contributed by atoms with Gasteiger partial charge in [0.1, 0.15) is 0 Å². The standard InChI is InChI=1S/C19H22N2O4S/c1-25-14-17-6-4-3-5-16(17)13-20-19(22)12-9-15-7-10-18(11-8-15)21-26(2,23)24/h3-12,21H,13-14H2,1-2H3,(H,20,22)/b12-9+. The van der Waals surface area contributed by atoms with Crippen molar-refractivity contribution in [2.75, 3.05) is 18.1 Å². The molecule has 0 saturated heterocycles. The maximum absolute atomic E-state index is 12.0. The highest BCUT2D eigenvalue weighted by Crippen LogP contribution is 2.12. The Bertz CT molecular complexity index is 875. The quantitative estimate of drug-likeness (QED) is 0.696. The molecule has 0 atom stereocenters. The van der Waals surface area contributed by atoms with Crippen LogP contribution in [0.15, 0.2) is 54.6 Å². The Balaban J connectivity index is 1.91. The fourth-order valence-electron chi connectivity index (χ4n) is 2.32. The summed E-state index contributed by atoms with van der Waals surface area (Å²) in [6.07, 6.45) is 4.20. The lowest BCUT2D eigenvalue weighted by Crippen LogP contribution is -2.21. The number of nitrogens with one attached hydrogen (secondary N) is 2. The van der Waals surface area contributed by atoms with Crippen LogP contribution in [0, 0.1) is 0 Å². The lowest BCUT2D eigenvalue weighted by atomic mass is 10.1. The van der Waals surface area contributed by atoms with Crippen LogP contribution in [0.4, 0.5) is 5.69 Å². The van der Waals surface area contributed by atoms with E-state index < -0.39 is 10.0 Å². The molecule has 0 fully saturated rings. The van der Waals surface area contributed by atoms with Crippen LogP contribution in [0.2, 0.25) is 0 Å². The van der Waals surface area contributed by atoms with E-state index in [1.54, 1.807) is 37.5 Å². The van der Waals surface area contributed by atoms with Crippen molar-refractivity contribution in [1.29, 1.82) is 0 Å². The molecule has 7 heteroatoms. The summed E-state index contributed by atoms with van der Waals surface area (Å²) in [5.41, 5.74) is 3.31. The minimum atomic E-state index is -3.30. The van der Waals surface area contributed by atoms with Crippen molar-refractivity contribution in [1.82, 2.24) is 5.32 Å². The van der Waals surface area contributed by atoms with E-state index in [1.807, 2.05) is 24.3 Å². The number of hydrogen-bond acceptors (Lipinski definition) is 4. The van der Waals surface area contributed by atoms with E-state index in [4.69, 9.17) is 4.74 Å². The zero-order valence-corrected chi connectivity index (χ0v) is 15.5. The molecule has 0 aliphatic carbocycles. The van der Waals surface area contributed by atoms with Crippen LogP contribution in [0.5, 0.6) is 0 Å². The van der Waals surface area contributed by atoms with Gasteiger partial charge in [-0.05, 0) is 34.9 Å². The van der Waals surface area contributed by atoms with Gasteiger partial charge in [0.05, 0.1) is 12.9 Å². The Morgan fingerprint density at radius 2 is 1.73 bits per heavy atom. The third-order valence-corrected chi connectivity index (χ3v) is 4.12. The fraction of sp³-hybridized carbons (Fsp3) is 0.211. The molecule has 0 aliphatic heterocycles. The molecule has 0 unspecified atom stereocenters. The van der Waals surface area contributed by atoms with Gasteiger partial charge in [0.25, 0.3) is 0 Å².